The molecule has 20 heavy (non-hydrogen) atoms. The predicted molar refractivity (Wildman–Crippen MR) is 77.8 cm³/mol. The summed E-state index contributed by atoms with van der Waals surface area (Å²) in [5, 5.41) is 11.1. The van der Waals surface area contributed by atoms with Crippen LogP contribution in [0.2, 0.25) is 0 Å². The van der Waals surface area contributed by atoms with Crippen molar-refractivity contribution in [3.63, 3.8) is 0 Å². The molecule has 0 heterocycles. The molecule has 0 aliphatic heterocycles. The lowest BCUT2D eigenvalue weighted by molar-refractivity contribution is -0.135. The van der Waals surface area contributed by atoms with Crippen molar-refractivity contribution in [2.45, 2.75) is 24.9 Å². The minimum atomic E-state index is -1.09. The summed E-state index contributed by atoms with van der Waals surface area (Å²) < 4.78 is 5.23. The van der Waals surface area contributed by atoms with E-state index in [9.17, 15) is 9.90 Å². The molecule has 0 bridgehead atoms. The molecule has 1 aromatic rings. The molecule has 4 nitrogen and oxygen atoms in total. The van der Waals surface area contributed by atoms with E-state index >= 15 is 0 Å². The van der Waals surface area contributed by atoms with Crippen molar-refractivity contribution < 1.29 is 14.6 Å². The van der Waals surface area contributed by atoms with E-state index in [0.717, 1.165) is 18.5 Å². The number of rotatable bonds is 4. The van der Waals surface area contributed by atoms with Gasteiger partial charge >= 0.3 is 0 Å². The van der Waals surface area contributed by atoms with Crippen LogP contribution in [-0.4, -0.2) is 43.5 Å². The number of benzene rings is 1. The number of hydrogen-bond donors (Lipinski definition) is 1. The Morgan fingerprint density at radius 2 is 2.20 bits per heavy atom. The monoisotopic (exact) mass is 277 g/mol. The number of Topliss-reactive ketones (excluding diaryl/α,β-unsaturated/α-hetero) is 1. The number of hydrogen-bond acceptors (Lipinski definition) is 4. The van der Waals surface area contributed by atoms with E-state index in [2.05, 4.69) is 4.90 Å². The summed E-state index contributed by atoms with van der Waals surface area (Å²) in [6.45, 7) is 0.765. The van der Waals surface area contributed by atoms with Crippen LogP contribution in [0.4, 0.5) is 0 Å². The molecule has 1 fully saturated rings. The Kier molecular flexibility index (Phi) is 4.45. The number of ether oxygens (including phenoxy) is 1. The van der Waals surface area contributed by atoms with Crippen LogP contribution in [0.1, 0.15) is 24.8 Å². The molecule has 1 aliphatic carbocycles. The van der Waals surface area contributed by atoms with Gasteiger partial charge in [-0.1, -0.05) is 12.1 Å². The maximum Gasteiger partial charge on any atom is 0.136 e. The van der Waals surface area contributed by atoms with Crippen molar-refractivity contribution in [2.24, 2.45) is 5.92 Å². The van der Waals surface area contributed by atoms with E-state index in [1.165, 1.54) is 0 Å². The van der Waals surface area contributed by atoms with Gasteiger partial charge in [-0.15, -0.1) is 0 Å². The van der Waals surface area contributed by atoms with Crippen molar-refractivity contribution >= 4 is 5.78 Å². The first-order valence-electron chi connectivity index (χ1n) is 6.99. The van der Waals surface area contributed by atoms with Crippen LogP contribution < -0.4 is 4.74 Å². The minimum Gasteiger partial charge on any atom is -0.497 e. The lowest BCUT2D eigenvalue weighted by atomic mass is 9.71. The van der Waals surface area contributed by atoms with Crippen molar-refractivity contribution in [1.82, 2.24) is 4.90 Å². The summed E-state index contributed by atoms with van der Waals surface area (Å²) in [5.41, 5.74) is -0.314. The van der Waals surface area contributed by atoms with Crippen LogP contribution in [0.3, 0.4) is 0 Å². The van der Waals surface area contributed by atoms with Gasteiger partial charge in [0.25, 0.3) is 0 Å². The van der Waals surface area contributed by atoms with E-state index < -0.39 is 5.60 Å². The largest absolute Gasteiger partial charge is 0.497 e. The Morgan fingerprint density at radius 1 is 1.45 bits per heavy atom. The number of nitrogens with zero attached hydrogens (tertiary/aromatic N) is 1. The first-order chi connectivity index (χ1) is 9.45. The van der Waals surface area contributed by atoms with E-state index in [-0.39, 0.29) is 18.1 Å². The first kappa shape index (κ1) is 15.0. The minimum absolute atomic E-state index is 0.0577. The Morgan fingerprint density at radius 3 is 2.85 bits per heavy atom. The molecule has 0 spiro atoms. The molecule has 4 heteroatoms. The van der Waals surface area contributed by atoms with Crippen molar-refractivity contribution in [3.05, 3.63) is 29.8 Å². The van der Waals surface area contributed by atoms with Gasteiger partial charge in [0.2, 0.25) is 0 Å². The fraction of sp³-hybridized carbons (Fsp3) is 0.562. The van der Waals surface area contributed by atoms with Gasteiger partial charge in [0, 0.05) is 25.3 Å². The van der Waals surface area contributed by atoms with Gasteiger partial charge in [0.15, 0.2) is 0 Å². The molecular formula is C16H23NO3. The first-order valence-corrected chi connectivity index (χ1v) is 6.99. The summed E-state index contributed by atoms with van der Waals surface area (Å²) in [4.78, 5) is 13.9. The highest BCUT2D eigenvalue weighted by atomic mass is 16.5. The number of carbonyl (C=O) groups is 1. The van der Waals surface area contributed by atoms with E-state index in [1.54, 1.807) is 7.11 Å². The molecule has 1 aliphatic rings. The molecule has 0 amide bonds. The number of carbonyl (C=O) groups excluding carboxylic acids is 1. The molecule has 1 saturated carbocycles. The van der Waals surface area contributed by atoms with Crippen molar-refractivity contribution in [3.8, 4) is 5.75 Å². The third-order valence-corrected chi connectivity index (χ3v) is 4.07. The molecule has 0 aromatic heterocycles. The topological polar surface area (TPSA) is 49.8 Å². The molecule has 0 saturated heterocycles. The zero-order valence-electron chi connectivity index (χ0n) is 12.4. The molecule has 1 N–H and O–H groups in total. The predicted octanol–water partition coefficient (Wildman–Crippen LogP) is 1.81. The van der Waals surface area contributed by atoms with Crippen LogP contribution in [-0.2, 0) is 10.4 Å². The van der Waals surface area contributed by atoms with Gasteiger partial charge in [0.05, 0.1) is 7.11 Å². The fourth-order valence-corrected chi connectivity index (χ4v) is 3.02. The van der Waals surface area contributed by atoms with E-state index in [0.29, 0.717) is 12.2 Å². The zero-order valence-corrected chi connectivity index (χ0v) is 12.4. The number of aliphatic hydroxyl groups is 1. The third-order valence-electron chi connectivity index (χ3n) is 4.07. The lowest BCUT2D eigenvalue weighted by Gasteiger charge is -2.41. The standard InChI is InChI=1S/C16H23NO3/c1-17(2)11-13-7-8-14(18)10-16(13,19)12-5-4-6-15(9-12)20-3/h4-6,9,13,19H,7-8,10-11H2,1-3H3. The smallest absolute Gasteiger partial charge is 0.136 e. The second-order valence-corrected chi connectivity index (χ2v) is 5.87. The second-order valence-electron chi connectivity index (χ2n) is 5.87. The van der Waals surface area contributed by atoms with Crippen LogP contribution in [0.25, 0.3) is 0 Å². The summed E-state index contributed by atoms with van der Waals surface area (Å²) in [6.07, 6.45) is 1.48. The summed E-state index contributed by atoms with van der Waals surface area (Å²) >= 11 is 0. The Bertz CT molecular complexity index is 486. The van der Waals surface area contributed by atoms with Gasteiger partial charge in [-0.2, -0.15) is 0 Å². The molecule has 0 radical (unpaired) electrons. The van der Waals surface area contributed by atoms with Gasteiger partial charge in [-0.25, -0.2) is 0 Å². The quantitative estimate of drug-likeness (QED) is 0.912. The highest BCUT2D eigenvalue weighted by molar-refractivity contribution is 5.80. The SMILES string of the molecule is COc1cccc(C2(O)CC(=O)CCC2CN(C)C)c1. The normalized spacial score (nSPS) is 26.9. The Labute approximate surface area is 120 Å². The number of ketones is 1. The molecule has 2 atom stereocenters. The summed E-state index contributed by atoms with van der Waals surface area (Å²) in [6, 6.07) is 7.42. The van der Waals surface area contributed by atoms with Crippen molar-refractivity contribution in [2.75, 3.05) is 27.7 Å². The van der Waals surface area contributed by atoms with E-state index in [4.69, 9.17) is 4.74 Å². The average Bonchev–Trinajstić information content (AvgIpc) is 2.42. The summed E-state index contributed by atoms with van der Waals surface area (Å²) in [5.74, 6) is 0.894. The van der Waals surface area contributed by atoms with Gasteiger partial charge < -0.3 is 14.7 Å². The highest BCUT2D eigenvalue weighted by Crippen LogP contribution is 2.41. The van der Waals surface area contributed by atoms with Crippen LogP contribution in [0.5, 0.6) is 5.75 Å². The van der Waals surface area contributed by atoms with Gasteiger partial charge in [-0.05, 0) is 38.2 Å². The van der Waals surface area contributed by atoms with Gasteiger partial charge in [-0.3, -0.25) is 4.79 Å². The average molecular weight is 277 g/mol. The molecular weight excluding hydrogens is 254 g/mol. The lowest BCUT2D eigenvalue weighted by Crippen LogP contribution is -2.45. The molecule has 1 aromatic carbocycles. The molecule has 2 unspecified atom stereocenters. The maximum atomic E-state index is 11.8. The van der Waals surface area contributed by atoms with E-state index in [1.807, 2.05) is 38.4 Å². The maximum absolute atomic E-state index is 11.8. The Hall–Kier alpha value is -1.39. The third kappa shape index (κ3) is 3.02. The summed E-state index contributed by atoms with van der Waals surface area (Å²) in [7, 11) is 5.58. The molecule has 110 valence electrons. The van der Waals surface area contributed by atoms with Crippen molar-refractivity contribution in [1.29, 1.82) is 0 Å². The zero-order chi connectivity index (χ0) is 14.8. The van der Waals surface area contributed by atoms with Crippen LogP contribution >= 0.6 is 0 Å². The van der Waals surface area contributed by atoms with Gasteiger partial charge in [0.1, 0.15) is 17.1 Å². The fourth-order valence-electron chi connectivity index (χ4n) is 3.02. The molecule has 2 rings (SSSR count). The second kappa shape index (κ2) is 5.94. The highest BCUT2D eigenvalue weighted by Gasteiger charge is 2.43. The van der Waals surface area contributed by atoms with Crippen LogP contribution in [0, 0.1) is 5.92 Å². The number of methoxy groups -OCH3 is 1. The Balaban J connectivity index is 2.36. The van der Waals surface area contributed by atoms with Crippen LogP contribution in [0.15, 0.2) is 24.3 Å².